The largest absolute Gasteiger partial charge is 0.488 e. The molecule has 4 heteroatoms. The van der Waals surface area contributed by atoms with Crippen LogP contribution in [0, 0.1) is 5.41 Å². The van der Waals surface area contributed by atoms with Crippen LogP contribution in [-0.2, 0) is 6.61 Å². The molecule has 92 valence electrons. The van der Waals surface area contributed by atoms with Gasteiger partial charge in [-0.05, 0) is 29.8 Å². The quantitative estimate of drug-likeness (QED) is 0.672. The van der Waals surface area contributed by atoms with Gasteiger partial charge in [0.15, 0.2) is 0 Å². The smallest absolute Gasteiger partial charge is 0.130 e. The Morgan fingerprint density at radius 1 is 1.17 bits per heavy atom. The molecule has 0 fully saturated rings. The van der Waals surface area contributed by atoms with Crippen LogP contribution in [0.1, 0.15) is 11.1 Å². The number of nitrogens with one attached hydrogen (secondary N) is 1. The number of hydrogen-bond donors (Lipinski definition) is 2. The molecule has 2 aromatic carbocycles. The van der Waals surface area contributed by atoms with Crippen molar-refractivity contribution in [2.75, 3.05) is 0 Å². The van der Waals surface area contributed by atoms with E-state index in [0.29, 0.717) is 17.9 Å². The van der Waals surface area contributed by atoms with Crippen molar-refractivity contribution in [3.8, 4) is 5.75 Å². The summed E-state index contributed by atoms with van der Waals surface area (Å²) >= 11 is 3.42. The van der Waals surface area contributed by atoms with E-state index in [-0.39, 0.29) is 5.84 Å². The topological polar surface area (TPSA) is 59.1 Å². The van der Waals surface area contributed by atoms with Crippen LogP contribution in [0.2, 0.25) is 0 Å². The zero-order valence-electron chi connectivity index (χ0n) is 9.69. The van der Waals surface area contributed by atoms with Crippen LogP contribution >= 0.6 is 15.9 Å². The SMILES string of the molecule is N=C(N)c1ccccc1OCc1cccc(Br)c1. The second kappa shape index (κ2) is 5.69. The van der Waals surface area contributed by atoms with Gasteiger partial charge in [-0.1, -0.05) is 40.2 Å². The molecule has 0 radical (unpaired) electrons. The van der Waals surface area contributed by atoms with Crippen molar-refractivity contribution >= 4 is 21.8 Å². The van der Waals surface area contributed by atoms with E-state index < -0.39 is 0 Å². The fraction of sp³-hybridized carbons (Fsp3) is 0.0714. The highest BCUT2D eigenvalue weighted by Crippen LogP contribution is 2.19. The van der Waals surface area contributed by atoms with Crippen LogP contribution in [0.15, 0.2) is 53.0 Å². The number of nitrogens with two attached hydrogens (primary N) is 1. The number of rotatable bonds is 4. The summed E-state index contributed by atoms with van der Waals surface area (Å²) in [6.45, 7) is 0.448. The first-order valence-corrected chi connectivity index (χ1v) is 6.27. The average Bonchev–Trinajstić information content (AvgIpc) is 2.37. The summed E-state index contributed by atoms with van der Waals surface area (Å²) < 4.78 is 6.71. The molecular formula is C14H13BrN2O. The number of amidine groups is 1. The van der Waals surface area contributed by atoms with E-state index in [1.54, 1.807) is 6.07 Å². The molecule has 2 aromatic rings. The molecule has 0 aliphatic heterocycles. The molecule has 3 nitrogen and oxygen atoms in total. The van der Waals surface area contributed by atoms with Crippen LogP contribution < -0.4 is 10.5 Å². The van der Waals surface area contributed by atoms with E-state index >= 15 is 0 Å². The standard InChI is InChI=1S/C14H13BrN2O/c15-11-5-3-4-10(8-11)9-18-13-7-2-1-6-12(13)14(16)17/h1-8H,9H2,(H3,16,17). The molecule has 0 unspecified atom stereocenters. The van der Waals surface area contributed by atoms with Gasteiger partial charge < -0.3 is 10.5 Å². The van der Waals surface area contributed by atoms with E-state index in [1.807, 2.05) is 42.5 Å². The van der Waals surface area contributed by atoms with E-state index in [0.717, 1.165) is 10.0 Å². The minimum atomic E-state index is 0.0137. The summed E-state index contributed by atoms with van der Waals surface area (Å²) in [4.78, 5) is 0. The lowest BCUT2D eigenvalue weighted by molar-refractivity contribution is 0.305. The third kappa shape index (κ3) is 3.11. The van der Waals surface area contributed by atoms with E-state index in [2.05, 4.69) is 15.9 Å². The maximum atomic E-state index is 7.48. The molecule has 18 heavy (non-hydrogen) atoms. The molecule has 0 atom stereocenters. The molecule has 2 rings (SSSR count). The Kier molecular flexibility index (Phi) is 3.99. The normalized spacial score (nSPS) is 10.1. The van der Waals surface area contributed by atoms with Gasteiger partial charge in [-0.2, -0.15) is 0 Å². The van der Waals surface area contributed by atoms with Gasteiger partial charge in [0.1, 0.15) is 18.2 Å². The summed E-state index contributed by atoms with van der Waals surface area (Å²) in [5.41, 5.74) is 7.18. The highest BCUT2D eigenvalue weighted by molar-refractivity contribution is 9.10. The second-order valence-corrected chi connectivity index (χ2v) is 4.74. The van der Waals surface area contributed by atoms with E-state index in [9.17, 15) is 0 Å². The van der Waals surface area contributed by atoms with Crippen LogP contribution in [0.4, 0.5) is 0 Å². The third-order valence-corrected chi connectivity index (χ3v) is 2.95. The summed E-state index contributed by atoms with van der Waals surface area (Å²) in [6.07, 6.45) is 0. The molecule has 0 amide bonds. The molecule has 0 aliphatic rings. The summed E-state index contributed by atoms with van der Waals surface area (Å²) in [7, 11) is 0. The van der Waals surface area contributed by atoms with E-state index in [1.165, 1.54) is 0 Å². The maximum absolute atomic E-state index is 7.48. The minimum absolute atomic E-state index is 0.0137. The van der Waals surface area contributed by atoms with Crippen molar-refractivity contribution < 1.29 is 4.74 Å². The number of benzene rings is 2. The van der Waals surface area contributed by atoms with Gasteiger partial charge in [-0.25, -0.2) is 0 Å². The summed E-state index contributed by atoms with van der Waals surface area (Å²) in [5, 5.41) is 7.48. The Bertz CT molecular complexity index is 569. The lowest BCUT2D eigenvalue weighted by Gasteiger charge is -2.10. The molecule has 0 spiro atoms. The first kappa shape index (κ1) is 12.6. The van der Waals surface area contributed by atoms with Crippen molar-refractivity contribution in [1.29, 1.82) is 5.41 Å². The third-order valence-electron chi connectivity index (χ3n) is 2.46. The zero-order chi connectivity index (χ0) is 13.0. The Balaban J connectivity index is 2.13. The summed E-state index contributed by atoms with van der Waals surface area (Å²) in [6, 6.07) is 15.2. The lowest BCUT2D eigenvalue weighted by Crippen LogP contribution is -2.13. The Labute approximate surface area is 114 Å². The first-order chi connectivity index (χ1) is 8.66. The molecule has 0 aromatic heterocycles. The highest BCUT2D eigenvalue weighted by atomic mass is 79.9. The van der Waals surface area contributed by atoms with Gasteiger partial charge in [0, 0.05) is 4.47 Å². The average molecular weight is 305 g/mol. The van der Waals surface area contributed by atoms with Crippen LogP contribution in [-0.4, -0.2) is 5.84 Å². The van der Waals surface area contributed by atoms with Gasteiger partial charge in [-0.3, -0.25) is 5.41 Å². The predicted molar refractivity (Wildman–Crippen MR) is 75.9 cm³/mol. The van der Waals surface area contributed by atoms with Gasteiger partial charge in [0.05, 0.1) is 5.56 Å². The summed E-state index contributed by atoms with van der Waals surface area (Å²) in [5.74, 6) is 0.643. The van der Waals surface area contributed by atoms with Crippen molar-refractivity contribution in [2.45, 2.75) is 6.61 Å². The number of hydrogen-bond acceptors (Lipinski definition) is 2. The Morgan fingerprint density at radius 3 is 2.67 bits per heavy atom. The van der Waals surface area contributed by atoms with Gasteiger partial charge in [0.25, 0.3) is 0 Å². The molecule has 0 bridgehead atoms. The number of ether oxygens (including phenoxy) is 1. The molecule has 0 saturated carbocycles. The lowest BCUT2D eigenvalue weighted by atomic mass is 10.2. The van der Waals surface area contributed by atoms with Crippen molar-refractivity contribution in [1.82, 2.24) is 0 Å². The first-order valence-electron chi connectivity index (χ1n) is 5.47. The molecule has 0 heterocycles. The fourth-order valence-corrected chi connectivity index (χ4v) is 2.05. The maximum Gasteiger partial charge on any atom is 0.130 e. The van der Waals surface area contributed by atoms with E-state index in [4.69, 9.17) is 15.9 Å². The molecular weight excluding hydrogens is 292 g/mol. The zero-order valence-corrected chi connectivity index (χ0v) is 11.3. The number of nitrogen functional groups attached to an aromatic ring is 1. The number of halogens is 1. The predicted octanol–water partition coefficient (Wildman–Crippen LogP) is 3.31. The van der Waals surface area contributed by atoms with Gasteiger partial charge in [-0.15, -0.1) is 0 Å². The van der Waals surface area contributed by atoms with Crippen molar-refractivity contribution in [3.63, 3.8) is 0 Å². The minimum Gasteiger partial charge on any atom is -0.488 e. The molecule has 0 saturated heterocycles. The van der Waals surface area contributed by atoms with Crippen molar-refractivity contribution in [2.24, 2.45) is 5.73 Å². The number of para-hydroxylation sites is 1. The molecule has 3 N–H and O–H groups in total. The monoisotopic (exact) mass is 304 g/mol. The Morgan fingerprint density at radius 2 is 1.94 bits per heavy atom. The Hall–Kier alpha value is -1.81. The van der Waals surface area contributed by atoms with Crippen LogP contribution in [0.25, 0.3) is 0 Å². The van der Waals surface area contributed by atoms with Crippen LogP contribution in [0.5, 0.6) is 5.75 Å². The fourth-order valence-electron chi connectivity index (χ4n) is 1.60. The second-order valence-electron chi connectivity index (χ2n) is 3.83. The van der Waals surface area contributed by atoms with Gasteiger partial charge >= 0.3 is 0 Å². The van der Waals surface area contributed by atoms with Crippen molar-refractivity contribution in [3.05, 3.63) is 64.1 Å². The van der Waals surface area contributed by atoms with Crippen LogP contribution in [0.3, 0.4) is 0 Å². The molecule has 0 aliphatic carbocycles. The van der Waals surface area contributed by atoms with Gasteiger partial charge in [0.2, 0.25) is 0 Å². The highest BCUT2D eigenvalue weighted by Gasteiger charge is 2.05.